The molecule has 2 unspecified atom stereocenters. The summed E-state index contributed by atoms with van der Waals surface area (Å²) in [7, 11) is 0. The van der Waals surface area contributed by atoms with E-state index in [0.717, 1.165) is 18.5 Å². The predicted octanol–water partition coefficient (Wildman–Crippen LogP) is 4.31. The van der Waals surface area contributed by atoms with Crippen LogP contribution in [0.4, 0.5) is 0 Å². The molecule has 0 aliphatic rings. The molecule has 0 spiro atoms. The zero-order chi connectivity index (χ0) is 21.0. The third-order valence-corrected chi connectivity index (χ3v) is 4.96. The maximum atomic E-state index is 10.4. The third kappa shape index (κ3) is 8.30. The molecule has 2 atom stereocenters. The molecule has 6 heteroatoms. The van der Waals surface area contributed by atoms with Crippen molar-refractivity contribution >= 4 is 29.9 Å². The molecule has 3 rings (SSSR count). The molecular formula is C25H31IN4O. The van der Waals surface area contributed by atoms with Crippen LogP contribution in [-0.2, 0) is 6.42 Å². The first kappa shape index (κ1) is 24.8. The van der Waals surface area contributed by atoms with E-state index in [2.05, 4.69) is 64.1 Å². The Labute approximate surface area is 202 Å². The molecule has 2 aromatic carbocycles. The van der Waals surface area contributed by atoms with Crippen LogP contribution in [0, 0.1) is 0 Å². The molecule has 0 radical (unpaired) electrons. The number of nitrogens with zero attached hydrogens (tertiary/aromatic N) is 2. The van der Waals surface area contributed by atoms with Crippen LogP contribution in [0.15, 0.2) is 90.2 Å². The van der Waals surface area contributed by atoms with Crippen LogP contribution in [-0.4, -0.2) is 35.7 Å². The van der Waals surface area contributed by atoms with E-state index in [9.17, 15) is 5.11 Å². The molecule has 0 bridgehead atoms. The first-order chi connectivity index (χ1) is 14.8. The van der Waals surface area contributed by atoms with Gasteiger partial charge in [0.2, 0.25) is 0 Å². The van der Waals surface area contributed by atoms with E-state index < -0.39 is 6.10 Å². The van der Waals surface area contributed by atoms with Crippen molar-refractivity contribution in [1.82, 2.24) is 15.6 Å². The highest BCUT2D eigenvalue weighted by Gasteiger charge is 2.13. The molecule has 31 heavy (non-hydrogen) atoms. The Bertz CT molecular complexity index is 891. The third-order valence-electron chi connectivity index (χ3n) is 4.96. The summed E-state index contributed by atoms with van der Waals surface area (Å²) >= 11 is 0. The Balaban J connectivity index is 0.00000341. The van der Waals surface area contributed by atoms with Crippen LogP contribution in [0.3, 0.4) is 0 Å². The smallest absolute Gasteiger partial charge is 0.191 e. The van der Waals surface area contributed by atoms with E-state index in [0.29, 0.717) is 19.0 Å². The van der Waals surface area contributed by atoms with Crippen LogP contribution in [0.1, 0.15) is 35.6 Å². The largest absolute Gasteiger partial charge is 0.387 e. The zero-order valence-electron chi connectivity index (χ0n) is 17.8. The quantitative estimate of drug-likeness (QED) is 0.219. The second-order valence-corrected chi connectivity index (χ2v) is 7.19. The maximum Gasteiger partial charge on any atom is 0.191 e. The second kappa shape index (κ2) is 13.8. The number of aliphatic hydroxyl groups is 1. The van der Waals surface area contributed by atoms with E-state index >= 15 is 0 Å². The van der Waals surface area contributed by atoms with E-state index in [1.54, 1.807) is 12.4 Å². The van der Waals surface area contributed by atoms with Gasteiger partial charge in [0.25, 0.3) is 0 Å². The van der Waals surface area contributed by atoms with Gasteiger partial charge in [0.05, 0.1) is 6.10 Å². The fourth-order valence-corrected chi connectivity index (χ4v) is 3.35. The highest BCUT2D eigenvalue weighted by molar-refractivity contribution is 14.0. The van der Waals surface area contributed by atoms with Gasteiger partial charge < -0.3 is 15.7 Å². The van der Waals surface area contributed by atoms with E-state index in [-0.39, 0.29) is 29.9 Å². The number of guanidine groups is 1. The summed E-state index contributed by atoms with van der Waals surface area (Å²) < 4.78 is 0. The molecule has 0 aliphatic heterocycles. The van der Waals surface area contributed by atoms with E-state index in [1.807, 2.05) is 31.2 Å². The van der Waals surface area contributed by atoms with Crippen LogP contribution in [0.2, 0.25) is 0 Å². The lowest BCUT2D eigenvalue weighted by molar-refractivity contribution is 0.180. The van der Waals surface area contributed by atoms with Crippen LogP contribution < -0.4 is 10.6 Å². The van der Waals surface area contributed by atoms with Crippen LogP contribution in [0.25, 0.3) is 0 Å². The van der Waals surface area contributed by atoms with E-state index in [1.165, 1.54) is 11.1 Å². The Kier molecular flexibility index (Phi) is 11.0. The van der Waals surface area contributed by atoms with Crippen molar-refractivity contribution in [2.75, 3.05) is 19.6 Å². The first-order valence-electron chi connectivity index (χ1n) is 10.4. The van der Waals surface area contributed by atoms with Gasteiger partial charge in [-0.3, -0.25) is 9.98 Å². The van der Waals surface area contributed by atoms with Gasteiger partial charge in [0.1, 0.15) is 0 Å². The zero-order valence-corrected chi connectivity index (χ0v) is 20.1. The fourth-order valence-electron chi connectivity index (χ4n) is 3.35. The molecule has 1 heterocycles. The average Bonchev–Trinajstić information content (AvgIpc) is 2.81. The Hall–Kier alpha value is -2.45. The number of benzene rings is 2. The fraction of sp³-hybridized carbons (Fsp3) is 0.280. The summed E-state index contributed by atoms with van der Waals surface area (Å²) in [6, 6.07) is 24.7. The number of pyridine rings is 1. The van der Waals surface area contributed by atoms with Crippen molar-refractivity contribution in [2.24, 2.45) is 4.99 Å². The number of nitrogens with one attached hydrogen (secondary N) is 2. The van der Waals surface area contributed by atoms with Gasteiger partial charge in [-0.25, -0.2) is 0 Å². The van der Waals surface area contributed by atoms with Gasteiger partial charge in [-0.15, -0.1) is 24.0 Å². The number of aliphatic hydroxyl groups excluding tert-OH is 1. The Morgan fingerprint density at radius 2 is 1.55 bits per heavy atom. The molecule has 1 aromatic heterocycles. The minimum atomic E-state index is -0.619. The lowest BCUT2D eigenvalue weighted by Gasteiger charge is -2.18. The summed E-state index contributed by atoms with van der Waals surface area (Å²) in [4.78, 5) is 8.82. The van der Waals surface area contributed by atoms with Crippen molar-refractivity contribution in [1.29, 1.82) is 0 Å². The van der Waals surface area contributed by atoms with Gasteiger partial charge in [-0.05, 0) is 42.2 Å². The number of rotatable bonds is 9. The van der Waals surface area contributed by atoms with Gasteiger partial charge in [-0.2, -0.15) is 0 Å². The summed E-state index contributed by atoms with van der Waals surface area (Å²) in [5, 5.41) is 16.9. The molecular weight excluding hydrogens is 499 g/mol. The molecule has 3 aromatic rings. The average molecular weight is 530 g/mol. The summed E-state index contributed by atoms with van der Waals surface area (Å²) in [5.74, 6) is 0.980. The molecule has 3 N–H and O–H groups in total. The SMILES string of the molecule is CCNC(=NCC(Cc1ccccc1)c1ccccc1)NCC(O)c1ccncc1.I. The van der Waals surface area contributed by atoms with E-state index in [4.69, 9.17) is 4.99 Å². The van der Waals surface area contributed by atoms with Gasteiger partial charge in [-0.1, -0.05) is 60.7 Å². The lowest BCUT2D eigenvalue weighted by atomic mass is 9.92. The molecule has 164 valence electrons. The number of hydrogen-bond acceptors (Lipinski definition) is 3. The summed E-state index contributed by atoms with van der Waals surface area (Å²) in [6.07, 6.45) is 3.68. The standard InChI is InChI=1S/C25H30N4O.HI/c1-2-27-25(29-19-24(30)22-13-15-26-16-14-22)28-18-23(21-11-7-4-8-12-21)17-20-9-5-3-6-10-20;/h3-16,23-24,30H,2,17-19H2,1H3,(H2,27,28,29);1H. The van der Waals surface area contributed by atoms with Crippen molar-refractivity contribution in [3.8, 4) is 0 Å². The Morgan fingerprint density at radius 1 is 0.903 bits per heavy atom. The number of hydrogen-bond donors (Lipinski definition) is 3. The summed E-state index contributed by atoms with van der Waals surface area (Å²) in [5.41, 5.74) is 3.41. The topological polar surface area (TPSA) is 69.5 Å². The number of halogens is 1. The molecule has 5 nitrogen and oxygen atoms in total. The molecule has 0 saturated carbocycles. The minimum absolute atomic E-state index is 0. The summed E-state index contributed by atoms with van der Waals surface area (Å²) in [6.45, 7) is 3.82. The second-order valence-electron chi connectivity index (χ2n) is 7.19. The molecule has 0 amide bonds. The molecule has 0 aliphatic carbocycles. The van der Waals surface area contributed by atoms with Crippen LogP contribution >= 0.6 is 24.0 Å². The van der Waals surface area contributed by atoms with Gasteiger partial charge >= 0.3 is 0 Å². The van der Waals surface area contributed by atoms with Crippen molar-refractivity contribution in [2.45, 2.75) is 25.4 Å². The van der Waals surface area contributed by atoms with Gasteiger partial charge in [0, 0.05) is 37.9 Å². The maximum absolute atomic E-state index is 10.4. The van der Waals surface area contributed by atoms with Crippen molar-refractivity contribution < 1.29 is 5.11 Å². The number of aromatic nitrogens is 1. The highest BCUT2D eigenvalue weighted by Crippen LogP contribution is 2.21. The minimum Gasteiger partial charge on any atom is -0.387 e. The normalized spacial score (nSPS) is 13.0. The Morgan fingerprint density at radius 3 is 2.19 bits per heavy atom. The highest BCUT2D eigenvalue weighted by atomic mass is 127. The predicted molar refractivity (Wildman–Crippen MR) is 138 cm³/mol. The number of aliphatic imine (C=N–C) groups is 1. The van der Waals surface area contributed by atoms with Crippen molar-refractivity contribution in [3.63, 3.8) is 0 Å². The van der Waals surface area contributed by atoms with Gasteiger partial charge in [0.15, 0.2) is 5.96 Å². The first-order valence-corrected chi connectivity index (χ1v) is 10.4. The van der Waals surface area contributed by atoms with Crippen molar-refractivity contribution in [3.05, 3.63) is 102 Å². The lowest BCUT2D eigenvalue weighted by Crippen LogP contribution is -2.39. The molecule has 0 fully saturated rings. The van der Waals surface area contributed by atoms with Crippen LogP contribution in [0.5, 0.6) is 0 Å². The molecule has 0 saturated heterocycles. The monoisotopic (exact) mass is 530 g/mol.